The first-order chi connectivity index (χ1) is 8.13. The van der Waals surface area contributed by atoms with Crippen molar-refractivity contribution in [1.82, 2.24) is 5.32 Å². The van der Waals surface area contributed by atoms with Gasteiger partial charge < -0.3 is 15.2 Å². The van der Waals surface area contributed by atoms with E-state index in [4.69, 9.17) is 27.9 Å². The summed E-state index contributed by atoms with van der Waals surface area (Å²) in [6.07, 6.45) is 0.112. The standard InChI is InChI=1S/C12H17Cl2NO2/c1-17-5-4-15-8-10(16)6-9-2-3-11(13)12(14)7-9/h2-3,7,10,15-16H,4-6,8H2,1H3. The lowest BCUT2D eigenvalue weighted by atomic mass is 10.1. The molecule has 0 heterocycles. The van der Waals surface area contributed by atoms with E-state index in [1.54, 1.807) is 19.2 Å². The fourth-order valence-electron chi connectivity index (χ4n) is 1.45. The molecule has 0 amide bonds. The molecule has 5 heteroatoms. The first kappa shape index (κ1) is 14.7. The fourth-order valence-corrected chi connectivity index (χ4v) is 1.77. The van der Waals surface area contributed by atoms with E-state index in [1.807, 2.05) is 6.07 Å². The number of ether oxygens (including phenoxy) is 1. The molecule has 96 valence electrons. The average molecular weight is 278 g/mol. The molecule has 0 fully saturated rings. The van der Waals surface area contributed by atoms with Crippen LogP contribution in [0.5, 0.6) is 0 Å². The molecule has 0 saturated carbocycles. The zero-order valence-electron chi connectivity index (χ0n) is 9.75. The van der Waals surface area contributed by atoms with Crippen molar-refractivity contribution in [1.29, 1.82) is 0 Å². The maximum Gasteiger partial charge on any atom is 0.0704 e. The molecule has 1 aromatic carbocycles. The lowest BCUT2D eigenvalue weighted by Gasteiger charge is -2.12. The molecule has 3 nitrogen and oxygen atoms in total. The van der Waals surface area contributed by atoms with Gasteiger partial charge in [0, 0.05) is 20.2 Å². The molecule has 1 atom stereocenters. The molecule has 1 aromatic rings. The number of rotatable bonds is 7. The Hall–Kier alpha value is -0.320. The minimum Gasteiger partial charge on any atom is -0.391 e. The van der Waals surface area contributed by atoms with Crippen LogP contribution in [0.15, 0.2) is 18.2 Å². The van der Waals surface area contributed by atoms with Crippen molar-refractivity contribution in [3.63, 3.8) is 0 Å². The average Bonchev–Trinajstić information content (AvgIpc) is 2.30. The monoisotopic (exact) mass is 277 g/mol. The zero-order chi connectivity index (χ0) is 12.7. The van der Waals surface area contributed by atoms with E-state index in [2.05, 4.69) is 5.32 Å². The van der Waals surface area contributed by atoms with Gasteiger partial charge in [-0.25, -0.2) is 0 Å². The maximum atomic E-state index is 9.78. The Kier molecular flexibility index (Phi) is 6.85. The Labute approximate surface area is 112 Å². The SMILES string of the molecule is COCCNCC(O)Cc1ccc(Cl)c(Cl)c1. The summed E-state index contributed by atoms with van der Waals surface area (Å²) in [6, 6.07) is 5.39. The lowest BCUT2D eigenvalue weighted by molar-refractivity contribution is 0.160. The quantitative estimate of drug-likeness (QED) is 0.751. The summed E-state index contributed by atoms with van der Waals surface area (Å²) in [7, 11) is 1.65. The van der Waals surface area contributed by atoms with Gasteiger partial charge in [0.2, 0.25) is 0 Å². The molecule has 0 bridgehead atoms. The molecular weight excluding hydrogens is 261 g/mol. The number of methoxy groups -OCH3 is 1. The van der Waals surface area contributed by atoms with E-state index < -0.39 is 6.10 Å². The molecule has 0 radical (unpaired) electrons. The van der Waals surface area contributed by atoms with E-state index in [0.29, 0.717) is 29.6 Å². The van der Waals surface area contributed by atoms with Gasteiger partial charge in [0.15, 0.2) is 0 Å². The van der Waals surface area contributed by atoms with Crippen LogP contribution in [0.2, 0.25) is 10.0 Å². The van der Waals surface area contributed by atoms with Gasteiger partial charge in [0.25, 0.3) is 0 Å². The van der Waals surface area contributed by atoms with E-state index in [9.17, 15) is 5.11 Å². The highest BCUT2D eigenvalue weighted by Crippen LogP contribution is 2.23. The topological polar surface area (TPSA) is 41.5 Å². The van der Waals surface area contributed by atoms with Crippen molar-refractivity contribution in [3.05, 3.63) is 33.8 Å². The Balaban J connectivity index is 2.34. The van der Waals surface area contributed by atoms with Crippen molar-refractivity contribution >= 4 is 23.2 Å². The van der Waals surface area contributed by atoms with Crippen LogP contribution in [0.3, 0.4) is 0 Å². The summed E-state index contributed by atoms with van der Waals surface area (Å²) in [4.78, 5) is 0. The summed E-state index contributed by atoms with van der Waals surface area (Å²) in [5, 5.41) is 13.9. The fraction of sp³-hybridized carbons (Fsp3) is 0.500. The third-order valence-corrected chi connectivity index (χ3v) is 3.06. The molecule has 0 aliphatic carbocycles. The normalized spacial score (nSPS) is 12.7. The molecule has 0 saturated heterocycles. The third kappa shape index (κ3) is 5.70. The van der Waals surface area contributed by atoms with Crippen LogP contribution in [0.4, 0.5) is 0 Å². The highest BCUT2D eigenvalue weighted by Gasteiger charge is 2.06. The summed E-state index contributed by atoms with van der Waals surface area (Å²) in [5.41, 5.74) is 0.973. The molecule has 1 rings (SSSR count). The predicted octanol–water partition coefficient (Wildman–Crippen LogP) is 2.13. The molecule has 0 aliphatic heterocycles. The lowest BCUT2D eigenvalue weighted by Crippen LogP contribution is -2.30. The Morgan fingerprint density at radius 3 is 2.76 bits per heavy atom. The van der Waals surface area contributed by atoms with E-state index in [1.165, 1.54) is 0 Å². The molecule has 2 N–H and O–H groups in total. The van der Waals surface area contributed by atoms with Gasteiger partial charge in [-0.05, 0) is 24.1 Å². The number of nitrogens with one attached hydrogen (secondary N) is 1. The Morgan fingerprint density at radius 1 is 1.35 bits per heavy atom. The van der Waals surface area contributed by atoms with Gasteiger partial charge in [-0.3, -0.25) is 0 Å². The molecule has 0 spiro atoms. The number of hydrogen-bond acceptors (Lipinski definition) is 3. The van der Waals surface area contributed by atoms with Crippen LogP contribution >= 0.6 is 23.2 Å². The van der Waals surface area contributed by atoms with E-state index in [-0.39, 0.29) is 0 Å². The number of benzene rings is 1. The second kappa shape index (κ2) is 7.90. The van der Waals surface area contributed by atoms with Crippen LogP contribution in [0, 0.1) is 0 Å². The molecule has 1 unspecified atom stereocenters. The van der Waals surface area contributed by atoms with Crippen molar-refractivity contribution in [2.75, 3.05) is 26.8 Å². The van der Waals surface area contributed by atoms with Crippen molar-refractivity contribution in [2.24, 2.45) is 0 Å². The minimum absolute atomic E-state index is 0.441. The highest BCUT2D eigenvalue weighted by atomic mass is 35.5. The van der Waals surface area contributed by atoms with Crippen LogP contribution < -0.4 is 5.32 Å². The largest absolute Gasteiger partial charge is 0.391 e. The van der Waals surface area contributed by atoms with Gasteiger partial charge >= 0.3 is 0 Å². The number of aliphatic hydroxyl groups is 1. The number of aliphatic hydroxyl groups excluding tert-OH is 1. The summed E-state index contributed by atoms with van der Waals surface area (Å²) >= 11 is 11.7. The molecule has 17 heavy (non-hydrogen) atoms. The molecule has 0 aromatic heterocycles. The van der Waals surface area contributed by atoms with Crippen LogP contribution in [0.25, 0.3) is 0 Å². The van der Waals surface area contributed by atoms with Crippen LogP contribution in [-0.4, -0.2) is 38.0 Å². The first-order valence-electron chi connectivity index (χ1n) is 5.45. The summed E-state index contributed by atoms with van der Waals surface area (Å²) in [6.45, 7) is 1.90. The van der Waals surface area contributed by atoms with E-state index >= 15 is 0 Å². The Bertz CT molecular complexity index is 347. The first-order valence-corrected chi connectivity index (χ1v) is 6.20. The minimum atomic E-state index is -0.441. The van der Waals surface area contributed by atoms with Gasteiger partial charge in [-0.1, -0.05) is 29.3 Å². The third-order valence-electron chi connectivity index (χ3n) is 2.32. The van der Waals surface area contributed by atoms with Gasteiger partial charge in [0.1, 0.15) is 0 Å². The van der Waals surface area contributed by atoms with Gasteiger partial charge in [-0.2, -0.15) is 0 Å². The van der Waals surface area contributed by atoms with Crippen LogP contribution in [0.1, 0.15) is 5.56 Å². The second-order valence-corrected chi connectivity index (χ2v) is 4.62. The van der Waals surface area contributed by atoms with Gasteiger partial charge in [-0.15, -0.1) is 0 Å². The smallest absolute Gasteiger partial charge is 0.0704 e. The van der Waals surface area contributed by atoms with Crippen molar-refractivity contribution in [3.8, 4) is 0 Å². The maximum absolute atomic E-state index is 9.78. The molecule has 0 aliphatic rings. The highest BCUT2D eigenvalue weighted by molar-refractivity contribution is 6.42. The van der Waals surface area contributed by atoms with Crippen molar-refractivity contribution < 1.29 is 9.84 Å². The van der Waals surface area contributed by atoms with E-state index in [0.717, 1.165) is 12.1 Å². The Morgan fingerprint density at radius 2 is 2.12 bits per heavy atom. The molecular formula is C12H17Cl2NO2. The second-order valence-electron chi connectivity index (χ2n) is 3.80. The number of hydrogen-bond donors (Lipinski definition) is 2. The van der Waals surface area contributed by atoms with Crippen LogP contribution in [-0.2, 0) is 11.2 Å². The predicted molar refractivity (Wildman–Crippen MR) is 70.9 cm³/mol. The summed E-state index contributed by atoms with van der Waals surface area (Å²) < 4.78 is 4.89. The summed E-state index contributed by atoms with van der Waals surface area (Å²) in [5.74, 6) is 0. The van der Waals surface area contributed by atoms with Gasteiger partial charge in [0.05, 0.1) is 22.8 Å². The zero-order valence-corrected chi connectivity index (χ0v) is 11.3. The number of halogens is 2. The van der Waals surface area contributed by atoms with Crippen molar-refractivity contribution in [2.45, 2.75) is 12.5 Å².